The first kappa shape index (κ1) is 7.25. The van der Waals surface area contributed by atoms with E-state index in [0.717, 1.165) is 19.4 Å². The van der Waals surface area contributed by atoms with Crippen molar-refractivity contribution in [2.24, 2.45) is 0 Å². The number of hydrogen-bond acceptors (Lipinski definition) is 1. The van der Waals surface area contributed by atoms with Gasteiger partial charge in [0.25, 0.3) is 0 Å². The molecule has 0 saturated carbocycles. The lowest BCUT2D eigenvalue weighted by Crippen LogP contribution is -1.96. The van der Waals surface area contributed by atoms with Gasteiger partial charge in [0.2, 0.25) is 0 Å². The number of halogens is 1. The van der Waals surface area contributed by atoms with Crippen LogP contribution in [0.3, 0.4) is 0 Å². The Hall–Kier alpha value is -0.860. The lowest BCUT2D eigenvalue weighted by molar-refractivity contribution is 0.564. The van der Waals surface area contributed by atoms with Gasteiger partial charge >= 0.3 is 0 Å². The van der Waals surface area contributed by atoms with Crippen LogP contribution in [0.25, 0.3) is 0 Å². The fraction of sp³-hybridized carbons (Fsp3) is 0.571. The number of aryl methyl sites for hydroxylation is 1. The summed E-state index contributed by atoms with van der Waals surface area (Å²) in [7, 11) is 0. The summed E-state index contributed by atoms with van der Waals surface area (Å²) in [6, 6.07) is 0. The lowest BCUT2D eigenvalue weighted by Gasteiger charge is -1.95. The van der Waals surface area contributed by atoms with E-state index in [4.69, 9.17) is 0 Å². The van der Waals surface area contributed by atoms with Crippen LogP contribution in [-0.4, -0.2) is 9.78 Å². The predicted molar refractivity (Wildman–Crippen MR) is 35.9 cm³/mol. The van der Waals surface area contributed by atoms with Crippen LogP contribution in [0.15, 0.2) is 6.20 Å². The van der Waals surface area contributed by atoms with Gasteiger partial charge in [-0.05, 0) is 6.42 Å². The second-order valence-electron chi connectivity index (χ2n) is 2.21. The summed E-state index contributed by atoms with van der Waals surface area (Å²) < 4.78 is 13.8. The van der Waals surface area contributed by atoms with E-state index < -0.39 is 0 Å². The van der Waals surface area contributed by atoms with Crippen molar-refractivity contribution in [2.75, 3.05) is 0 Å². The van der Waals surface area contributed by atoms with E-state index in [-0.39, 0.29) is 5.82 Å². The number of nitrogens with zero attached hydrogens (tertiary/aromatic N) is 2. The first-order valence-electron chi connectivity index (χ1n) is 3.43. The van der Waals surface area contributed by atoms with E-state index in [2.05, 4.69) is 18.2 Å². The number of rotatable bonds is 3. The van der Waals surface area contributed by atoms with Crippen LogP contribution >= 0.6 is 0 Å². The van der Waals surface area contributed by atoms with Gasteiger partial charge in [-0.3, -0.25) is 4.68 Å². The molecule has 0 N–H and O–H groups in total. The second-order valence-corrected chi connectivity index (χ2v) is 2.21. The number of unbranched alkanes of at least 4 members (excludes halogenated alkanes) is 1. The molecule has 1 radical (unpaired) electrons. The Balaban J connectivity index is 2.42. The van der Waals surface area contributed by atoms with Gasteiger partial charge in [0.15, 0.2) is 12.0 Å². The number of hydrogen-bond donors (Lipinski definition) is 0. The highest BCUT2D eigenvalue weighted by Gasteiger charge is 1.94. The SMILES string of the molecule is CCCCn1cc(F)[c]n1. The third kappa shape index (κ3) is 1.83. The summed E-state index contributed by atoms with van der Waals surface area (Å²) in [5.74, 6) is -0.379. The molecule has 55 valence electrons. The van der Waals surface area contributed by atoms with Crippen LogP contribution < -0.4 is 0 Å². The minimum absolute atomic E-state index is 0.379. The molecule has 0 saturated heterocycles. The largest absolute Gasteiger partial charge is 0.269 e. The van der Waals surface area contributed by atoms with Crippen molar-refractivity contribution in [3.63, 3.8) is 0 Å². The Kier molecular flexibility index (Phi) is 2.42. The summed E-state index contributed by atoms with van der Waals surface area (Å²) in [6.07, 6.45) is 5.72. The monoisotopic (exact) mass is 141 g/mol. The molecule has 0 bridgehead atoms. The third-order valence-electron chi connectivity index (χ3n) is 1.29. The van der Waals surface area contributed by atoms with Crippen LogP contribution in [0, 0.1) is 12.0 Å². The highest BCUT2D eigenvalue weighted by molar-refractivity contribution is 4.81. The van der Waals surface area contributed by atoms with Crippen LogP contribution in [0.1, 0.15) is 19.8 Å². The maximum absolute atomic E-state index is 12.2. The molecule has 0 spiro atoms. The van der Waals surface area contributed by atoms with Crippen molar-refractivity contribution in [1.82, 2.24) is 9.78 Å². The van der Waals surface area contributed by atoms with Crippen LogP contribution in [0.4, 0.5) is 4.39 Å². The van der Waals surface area contributed by atoms with Crippen LogP contribution in [-0.2, 0) is 6.54 Å². The van der Waals surface area contributed by atoms with E-state index in [9.17, 15) is 4.39 Å². The molecule has 0 unspecified atom stereocenters. The van der Waals surface area contributed by atoms with E-state index in [1.165, 1.54) is 6.20 Å². The van der Waals surface area contributed by atoms with Crippen LogP contribution in [0.5, 0.6) is 0 Å². The molecule has 0 fully saturated rings. The van der Waals surface area contributed by atoms with Gasteiger partial charge in [0.1, 0.15) is 0 Å². The zero-order valence-corrected chi connectivity index (χ0v) is 5.97. The molecule has 0 aliphatic carbocycles. The molecule has 1 heterocycles. The molecule has 0 aliphatic heterocycles. The summed E-state index contributed by atoms with van der Waals surface area (Å²) in [4.78, 5) is 0. The Morgan fingerprint density at radius 2 is 2.60 bits per heavy atom. The lowest BCUT2D eigenvalue weighted by atomic mass is 10.3. The van der Waals surface area contributed by atoms with Gasteiger partial charge in [-0.25, -0.2) is 4.39 Å². The van der Waals surface area contributed by atoms with Crippen molar-refractivity contribution < 1.29 is 4.39 Å². The maximum Gasteiger partial charge on any atom is 0.170 e. The Labute approximate surface area is 59.7 Å². The first-order valence-corrected chi connectivity index (χ1v) is 3.43. The van der Waals surface area contributed by atoms with Crippen molar-refractivity contribution in [2.45, 2.75) is 26.3 Å². The van der Waals surface area contributed by atoms with Gasteiger partial charge in [-0.15, -0.1) is 0 Å². The molecular formula is C7H10FN2. The molecule has 1 aromatic rings. The fourth-order valence-electron chi connectivity index (χ4n) is 0.735. The molecule has 10 heavy (non-hydrogen) atoms. The predicted octanol–water partition coefficient (Wildman–Crippen LogP) is 1.62. The number of aromatic nitrogens is 2. The molecular weight excluding hydrogens is 131 g/mol. The first-order chi connectivity index (χ1) is 4.83. The average molecular weight is 141 g/mol. The molecule has 0 atom stereocenters. The quantitative estimate of drug-likeness (QED) is 0.625. The highest BCUT2D eigenvalue weighted by atomic mass is 19.1. The minimum atomic E-state index is -0.379. The average Bonchev–Trinajstić information content (AvgIpc) is 2.31. The summed E-state index contributed by atoms with van der Waals surface area (Å²) in [6.45, 7) is 2.88. The maximum atomic E-state index is 12.2. The van der Waals surface area contributed by atoms with E-state index >= 15 is 0 Å². The molecule has 3 heteroatoms. The molecule has 0 amide bonds. The Morgan fingerprint density at radius 1 is 1.80 bits per heavy atom. The molecule has 1 aromatic heterocycles. The van der Waals surface area contributed by atoms with Gasteiger partial charge in [-0.1, -0.05) is 13.3 Å². The standard InChI is InChI=1S/C7H10FN2/c1-2-3-4-10-6-7(8)5-9-10/h6H,2-4H2,1H3. The Bertz CT molecular complexity index is 195. The van der Waals surface area contributed by atoms with Crippen molar-refractivity contribution >= 4 is 0 Å². The van der Waals surface area contributed by atoms with Gasteiger partial charge in [0, 0.05) is 6.54 Å². The summed E-state index contributed by atoms with van der Waals surface area (Å²) >= 11 is 0. The van der Waals surface area contributed by atoms with Crippen molar-refractivity contribution in [1.29, 1.82) is 0 Å². The zero-order valence-electron chi connectivity index (χ0n) is 5.97. The van der Waals surface area contributed by atoms with Gasteiger partial charge < -0.3 is 0 Å². The normalized spacial score (nSPS) is 10.2. The third-order valence-corrected chi connectivity index (χ3v) is 1.29. The van der Waals surface area contributed by atoms with E-state index in [1.807, 2.05) is 0 Å². The van der Waals surface area contributed by atoms with E-state index in [0.29, 0.717) is 0 Å². The molecule has 1 rings (SSSR count). The van der Waals surface area contributed by atoms with Crippen molar-refractivity contribution in [3.8, 4) is 0 Å². The fourth-order valence-corrected chi connectivity index (χ4v) is 0.735. The minimum Gasteiger partial charge on any atom is -0.269 e. The molecule has 0 aliphatic rings. The highest BCUT2D eigenvalue weighted by Crippen LogP contribution is 1.95. The second kappa shape index (κ2) is 3.34. The van der Waals surface area contributed by atoms with Gasteiger partial charge in [-0.2, -0.15) is 5.10 Å². The van der Waals surface area contributed by atoms with Gasteiger partial charge in [0.05, 0.1) is 6.20 Å². The van der Waals surface area contributed by atoms with E-state index in [1.54, 1.807) is 4.68 Å². The van der Waals surface area contributed by atoms with Crippen molar-refractivity contribution in [3.05, 3.63) is 18.2 Å². The molecule has 2 nitrogen and oxygen atoms in total. The van der Waals surface area contributed by atoms with Crippen LogP contribution in [0.2, 0.25) is 0 Å². The zero-order chi connectivity index (χ0) is 7.40. The molecule has 0 aromatic carbocycles. The summed E-state index contributed by atoms with van der Waals surface area (Å²) in [5.41, 5.74) is 0. The topological polar surface area (TPSA) is 17.8 Å². The Morgan fingerprint density at radius 3 is 3.10 bits per heavy atom. The summed E-state index contributed by atoms with van der Waals surface area (Å²) in [5, 5.41) is 3.67. The smallest absolute Gasteiger partial charge is 0.170 e.